The average Bonchev–Trinajstić information content (AvgIpc) is 2.44. The van der Waals surface area contributed by atoms with Crippen LogP contribution in [0.2, 0.25) is 0 Å². The summed E-state index contributed by atoms with van der Waals surface area (Å²) in [6, 6.07) is 9.69. The summed E-state index contributed by atoms with van der Waals surface area (Å²) >= 11 is 0. The molecule has 0 aliphatic heterocycles. The molecule has 106 valence electrons. The molecule has 0 amide bonds. The highest BCUT2D eigenvalue weighted by Crippen LogP contribution is 2.16. The highest BCUT2D eigenvalue weighted by molar-refractivity contribution is 5.78. The molecule has 0 saturated carbocycles. The minimum Gasteiger partial charge on any atom is -0.469 e. The van der Waals surface area contributed by atoms with Crippen LogP contribution in [0.3, 0.4) is 0 Å². The van der Waals surface area contributed by atoms with E-state index in [1.807, 2.05) is 30.3 Å². The molecule has 0 fully saturated rings. The lowest BCUT2D eigenvalue weighted by molar-refractivity contribution is -0.142. The van der Waals surface area contributed by atoms with Gasteiger partial charge in [-0.25, -0.2) is 0 Å². The van der Waals surface area contributed by atoms with Crippen LogP contribution in [0.5, 0.6) is 0 Å². The molecule has 4 nitrogen and oxygen atoms in total. The number of hydrogen-bond donors (Lipinski definition) is 1. The smallest absolute Gasteiger partial charge is 0.314 e. The van der Waals surface area contributed by atoms with E-state index in [9.17, 15) is 4.79 Å². The van der Waals surface area contributed by atoms with Gasteiger partial charge >= 0.3 is 5.97 Å². The van der Waals surface area contributed by atoms with Crippen LogP contribution in [0.1, 0.15) is 18.4 Å². The maximum atomic E-state index is 11.8. The van der Waals surface area contributed by atoms with Gasteiger partial charge in [0.05, 0.1) is 13.0 Å². The second-order valence-electron chi connectivity index (χ2n) is 4.71. The third kappa shape index (κ3) is 5.41. The number of esters is 1. The number of carbonyl (C=O) groups excluding carboxylic acids is 1. The normalized spacial score (nSPS) is 13.8. The molecule has 19 heavy (non-hydrogen) atoms. The first kappa shape index (κ1) is 15.7. The zero-order valence-corrected chi connectivity index (χ0v) is 11.9. The van der Waals surface area contributed by atoms with Crippen LogP contribution >= 0.6 is 0 Å². The standard InChI is InChI=1S/C15H23NO3/c1-12(11-18-2)9-16-10-14(15(17)19-3)13-7-5-4-6-8-13/h4-8,12,14,16H,9-11H2,1-3H3. The molecule has 0 saturated heterocycles. The van der Waals surface area contributed by atoms with E-state index in [4.69, 9.17) is 9.47 Å². The van der Waals surface area contributed by atoms with Crippen molar-refractivity contribution in [3.63, 3.8) is 0 Å². The summed E-state index contributed by atoms with van der Waals surface area (Å²) in [5.74, 6) is -0.0573. The average molecular weight is 265 g/mol. The molecule has 0 heterocycles. The molecule has 0 bridgehead atoms. The van der Waals surface area contributed by atoms with Gasteiger partial charge in [-0.05, 0) is 18.0 Å². The van der Waals surface area contributed by atoms with Crippen molar-refractivity contribution in [2.24, 2.45) is 5.92 Å². The predicted octanol–water partition coefficient (Wildman–Crippen LogP) is 1.82. The molecule has 0 radical (unpaired) electrons. The van der Waals surface area contributed by atoms with Crippen LogP contribution < -0.4 is 5.32 Å². The van der Waals surface area contributed by atoms with Gasteiger partial charge in [-0.3, -0.25) is 4.79 Å². The van der Waals surface area contributed by atoms with Crippen LogP contribution in [0.4, 0.5) is 0 Å². The Hall–Kier alpha value is -1.39. The number of nitrogens with one attached hydrogen (secondary N) is 1. The van der Waals surface area contributed by atoms with Gasteiger partial charge in [0.25, 0.3) is 0 Å². The van der Waals surface area contributed by atoms with E-state index in [2.05, 4.69) is 12.2 Å². The first-order valence-electron chi connectivity index (χ1n) is 6.51. The third-order valence-corrected chi connectivity index (χ3v) is 2.98. The number of rotatable bonds is 8. The summed E-state index contributed by atoms with van der Waals surface area (Å²) in [6.45, 7) is 4.20. The van der Waals surface area contributed by atoms with Gasteiger partial charge in [-0.15, -0.1) is 0 Å². The predicted molar refractivity (Wildman–Crippen MR) is 75.1 cm³/mol. The van der Waals surface area contributed by atoms with Crippen molar-refractivity contribution >= 4 is 5.97 Å². The number of hydrogen-bond acceptors (Lipinski definition) is 4. The van der Waals surface area contributed by atoms with Gasteiger partial charge in [0.2, 0.25) is 0 Å². The molecule has 1 rings (SSSR count). The fourth-order valence-electron chi connectivity index (χ4n) is 1.98. The fraction of sp³-hybridized carbons (Fsp3) is 0.533. The summed E-state index contributed by atoms with van der Waals surface area (Å²) < 4.78 is 9.95. The quantitative estimate of drug-likeness (QED) is 0.728. The minimum atomic E-state index is -0.263. The Morgan fingerprint density at radius 2 is 1.89 bits per heavy atom. The second kappa shape index (κ2) is 8.67. The van der Waals surface area contributed by atoms with E-state index in [0.29, 0.717) is 19.1 Å². The first-order chi connectivity index (χ1) is 9.19. The SMILES string of the molecule is COCC(C)CNCC(C(=O)OC)c1ccccc1. The highest BCUT2D eigenvalue weighted by atomic mass is 16.5. The highest BCUT2D eigenvalue weighted by Gasteiger charge is 2.20. The van der Waals surface area contributed by atoms with Crippen LogP contribution in [0.25, 0.3) is 0 Å². The largest absolute Gasteiger partial charge is 0.469 e. The Balaban J connectivity index is 2.55. The van der Waals surface area contributed by atoms with Crippen LogP contribution in [-0.4, -0.2) is 39.9 Å². The lowest BCUT2D eigenvalue weighted by atomic mass is 9.99. The number of carbonyl (C=O) groups is 1. The Bertz CT molecular complexity index is 367. The molecule has 4 heteroatoms. The summed E-state index contributed by atoms with van der Waals surface area (Å²) in [4.78, 5) is 11.8. The van der Waals surface area contributed by atoms with Crippen LogP contribution in [0, 0.1) is 5.92 Å². The summed E-state index contributed by atoms with van der Waals surface area (Å²) in [6.07, 6.45) is 0. The molecule has 0 aliphatic carbocycles. The number of ether oxygens (including phenoxy) is 2. The van der Waals surface area contributed by atoms with E-state index in [0.717, 1.165) is 12.1 Å². The summed E-state index contributed by atoms with van der Waals surface area (Å²) in [5, 5.41) is 3.30. The van der Waals surface area contributed by atoms with Crippen molar-refractivity contribution in [1.29, 1.82) is 0 Å². The van der Waals surface area contributed by atoms with Gasteiger partial charge in [0.1, 0.15) is 0 Å². The second-order valence-corrected chi connectivity index (χ2v) is 4.71. The lowest BCUT2D eigenvalue weighted by Gasteiger charge is -2.17. The van der Waals surface area contributed by atoms with Crippen molar-refractivity contribution in [1.82, 2.24) is 5.32 Å². The zero-order valence-electron chi connectivity index (χ0n) is 11.9. The molecule has 1 N–H and O–H groups in total. The summed E-state index contributed by atoms with van der Waals surface area (Å²) in [7, 11) is 3.11. The van der Waals surface area contributed by atoms with E-state index in [-0.39, 0.29) is 11.9 Å². The van der Waals surface area contributed by atoms with Crippen molar-refractivity contribution in [2.45, 2.75) is 12.8 Å². The maximum absolute atomic E-state index is 11.8. The maximum Gasteiger partial charge on any atom is 0.314 e. The molecule has 2 atom stereocenters. The van der Waals surface area contributed by atoms with Crippen molar-refractivity contribution in [3.05, 3.63) is 35.9 Å². The monoisotopic (exact) mass is 265 g/mol. The topological polar surface area (TPSA) is 47.6 Å². The Morgan fingerprint density at radius 1 is 1.21 bits per heavy atom. The van der Waals surface area contributed by atoms with E-state index in [1.54, 1.807) is 7.11 Å². The molecular weight excluding hydrogens is 242 g/mol. The molecule has 2 unspecified atom stereocenters. The first-order valence-corrected chi connectivity index (χ1v) is 6.51. The Labute approximate surface area is 115 Å². The fourth-order valence-corrected chi connectivity index (χ4v) is 1.98. The van der Waals surface area contributed by atoms with Crippen molar-refractivity contribution in [3.8, 4) is 0 Å². The van der Waals surface area contributed by atoms with Crippen molar-refractivity contribution < 1.29 is 14.3 Å². The molecule has 1 aromatic carbocycles. The van der Waals surface area contributed by atoms with Gasteiger partial charge in [-0.2, -0.15) is 0 Å². The minimum absolute atomic E-state index is 0.210. The molecule has 0 aliphatic rings. The van der Waals surface area contributed by atoms with Gasteiger partial charge in [0, 0.05) is 20.3 Å². The Kier molecular flexibility index (Phi) is 7.15. The summed E-state index contributed by atoms with van der Waals surface area (Å²) in [5.41, 5.74) is 0.973. The Morgan fingerprint density at radius 3 is 2.47 bits per heavy atom. The number of benzene rings is 1. The van der Waals surface area contributed by atoms with Gasteiger partial charge < -0.3 is 14.8 Å². The van der Waals surface area contributed by atoms with Crippen LogP contribution in [0.15, 0.2) is 30.3 Å². The lowest BCUT2D eigenvalue weighted by Crippen LogP contribution is -2.31. The van der Waals surface area contributed by atoms with Gasteiger partial charge in [-0.1, -0.05) is 37.3 Å². The van der Waals surface area contributed by atoms with E-state index in [1.165, 1.54) is 7.11 Å². The van der Waals surface area contributed by atoms with Gasteiger partial charge in [0.15, 0.2) is 0 Å². The molecular formula is C15H23NO3. The molecule has 0 spiro atoms. The number of methoxy groups -OCH3 is 2. The zero-order chi connectivity index (χ0) is 14.1. The molecule has 1 aromatic rings. The van der Waals surface area contributed by atoms with Crippen molar-refractivity contribution in [2.75, 3.05) is 33.9 Å². The molecule has 0 aromatic heterocycles. The van der Waals surface area contributed by atoms with Crippen LogP contribution in [-0.2, 0) is 14.3 Å². The van der Waals surface area contributed by atoms with E-state index < -0.39 is 0 Å². The van der Waals surface area contributed by atoms with E-state index >= 15 is 0 Å². The third-order valence-electron chi connectivity index (χ3n) is 2.98.